The van der Waals surface area contributed by atoms with Crippen LogP contribution in [0, 0.1) is 17.2 Å². The molecular weight excluding hydrogens is 439 g/mol. The van der Waals surface area contributed by atoms with Gasteiger partial charge in [0.05, 0.1) is 18.8 Å². The molecule has 2 fully saturated rings. The number of carbonyl (C=O) groups excluding carboxylic acids is 2. The van der Waals surface area contributed by atoms with Crippen molar-refractivity contribution in [3.63, 3.8) is 0 Å². The molecule has 1 saturated heterocycles. The van der Waals surface area contributed by atoms with Gasteiger partial charge in [-0.1, -0.05) is 0 Å². The van der Waals surface area contributed by atoms with Crippen LogP contribution in [0.3, 0.4) is 0 Å². The van der Waals surface area contributed by atoms with Gasteiger partial charge in [0.2, 0.25) is 0 Å². The molecule has 190 valence electrons. The van der Waals surface area contributed by atoms with Gasteiger partial charge in [-0.3, -0.25) is 4.79 Å². The van der Waals surface area contributed by atoms with Crippen LogP contribution >= 0.6 is 0 Å². The first-order valence-electron chi connectivity index (χ1n) is 12.3. The van der Waals surface area contributed by atoms with E-state index in [2.05, 4.69) is 5.32 Å². The molecule has 2 amide bonds. The quantitative estimate of drug-likeness (QED) is 0.517. The Bertz CT molecular complexity index is 838. The number of nitrogens with zero attached hydrogens (tertiary/aromatic N) is 1. The van der Waals surface area contributed by atoms with Crippen LogP contribution in [0.5, 0.6) is 5.75 Å². The average Bonchev–Trinajstić information content (AvgIpc) is 2.74. The number of nitrogens with one attached hydrogen (secondary N) is 1. The summed E-state index contributed by atoms with van der Waals surface area (Å²) in [6.07, 6.45) is 6.29. The summed E-state index contributed by atoms with van der Waals surface area (Å²) in [5, 5.41) is 2.61. The number of halogens is 1. The summed E-state index contributed by atoms with van der Waals surface area (Å²) < 4.78 is 30.3. The van der Waals surface area contributed by atoms with Gasteiger partial charge in [0.1, 0.15) is 17.2 Å². The number of likely N-dealkylation sites (tertiary alicyclic amines) is 1. The number of ether oxygens (including phenoxy) is 3. The molecule has 0 atom stereocenters. The highest BCUT2D eigenvalue weighted by Crippen LogP contribution is 2.54. The lowest BCUT2D eigenvalue weighted by molar-refractivity contribution is -0.0301. The van der Waals surface area contributed by atoms with Crippen molar-refractivity contribution < 1.29 is 28.2 Å². The molecule has 0 unspecified atom stereocenters. The summed E-state index contributed by atoms with van der Waals surface area (Å²) in [5.41, 5.74) is -0.0733. The van der Waals surface area contributed by atoms with E-state index in [9.17, 15) is 14.0 Å². The summed E-state index contributed by atoms with van der Waals surface area (Å²) >= 11 is 0. The number of rotatable bonds is 9. The maximum atomic E-state index is 14.3. The Kier molecular flexibility index (Phi) is 8.79. The fourth-order valence-electron chi connectivity index (χ4n) is 4.96. The van der Waals surface area contributed by atoms with Crippen LogP contribution in [0.4, 0.5) is 9.18 Å². The van der Waals surface area contributed by atoms with Crippen molar-refractivity contribution >= 4 is 12.0 Å². The number of methoxy groups -OCH3 is 1. The van der Waals surface area contributed by atoms with Gasteiger partial charge in [0, 0.05) is 32.8 Å². The minimum Gasteiger partial charge on any atom is -0.493 e. The molecule has 2 aliphatic rings. The highest BCUT2D eigenvalue weighted by atomic mass is 19.1. The minimum absolute atomic E-state index is 0.000866. The first-order chi connectivity index (χ1) is 16.1. The van der Waals surface area contributed by atoms with Crippen LogP contribution in [0.2, 0.25) is 0 Å². The van der Waals surface area contributed by atoms with Gasteiger partial charge in [0.25, 0.3) is 5.91 Å². The highest BCUT2D eigenvalue weighted by molar-refractivity contribution is 5.94. The van der Waals surface area contributed by atoms with E-state index in [1.807, 2.05) is 25.7 Å². The molecule has 1 aromatic carbocycles. The maximum absolute atomic E-state index is 14.3. The molecule has 1 aliphatic carbocycles. The lowest BCUT2D eigenvalue weighted by Gasteiger charge is -2.52. The normalized spacial score (nSPS) is 17.9. The second-order valence-electron chi connectivity index (χ2n) is 10.6. The van der Waals surface area contributed by atoms with Gasteiger partial charge in [-0.05, 0) is 82.8 Å². The maximum Gasteiger partial charge on any atom is 0.410 e. The summed E-state index contributed by atoms with van der Waals surface area (Å²) in [7, 11) is 1.54. The van der Waals surface area contributed by atoms with Crippen LogP contribution in [0.1, 0.15) is 69.7 Å². The number of piperidine rings is 1. The van der Waals surface area contributed by atoms with Crippen molar-refractivity contribution in [2.45, 2.75) is 64.9 Å². The van der Waals surface area contributed by atoms with Crippen molar-refractivity contribution in [2.24, 2.45) is 11.3 Å². The van der Waals surface area contributed by atoms with Gasteiger partial charge in [0.15, 0.2) is 0 Å². The number of amides is 2. The molecule has 1 aliphatic heterocycles. The monoisotopic (exact) mass is 478 g/mol. The van der Waals surface area contributed by atoms with Crippen molar-refractivity contribution in [2.75, 3.05) is 40.0 Å². The molecule has 8 heteroatoms. The van der Waals surface area contributed by atoms with E-state index in [1.54, 1.807) is 13.2 Å². The van der Waals surface area contributed by atoms with E-state index >= 15 is 0 Å². The molecule has 34 heavy (non-hydrogen) atoms. The largest absolute Gasteiger partial charge is 0.493 e. The van der Waals surface area contributed by atoms with Crippen molar-refractivity contribution in [3.8, 4) is 5.75 Å². The third kappa shape index (κ3) is 7.32. The Labute approximate surface area is 202 Å². The SMILES string of the molecule is COCCNC(=O)c1ccc(OCCCC2CC3(CCN(C(=O)OC(C)(C)C)CC3)C2)cc1F. The molecule has 1 aromatic rings. The predicted molar refractivity (Wildman–Crippen MR) is 128 cm³/mol. The number of carbonyl (C=O) groups is 2. The zero-order valence-electron chi connectivity index (χ0n) is 21.0. The van der Waals surface area contributed by atoms with Gasteiger partial charge >= 0.3 is 6.09 Å². The zero-order valence-corrected chi connectivity index (χ0v) is 21.0. The van der Waals surface area contributed by atoms with Gasteiger partial charge in [-0.15, -0.1) is 0 Å². The number of hydrogen-bond donors (Lipinski definition) is 1. The van der Waals surface area contributed by atoms with E-state index in [4.69, 9.17) is 14.2 Å². The van der Waals surface area contributed by atoms with E-state index in [0.29, 0.717) is 36.8 Å². The van der Waals surface area contributed by atoms with Crippen LogP contribution in [0.15, 0.2) is 18.2 Å². The molecule has 3 rings (SSSR count). The lowest BCUT2D eigenvalue weighted by atomic mass is 9.56. The molecular formula is C26H39FN2O5. The van der Waals surface area contributed by atoms with Crippen molar-refractivity contribution in [3.05, 3.63) is 29.6 Å². The van der Waals surface area contributed by atoms with Crippen LogP contribution in [-0.2, 0) is 9.47 Å². The molecule has 1 saturated carbocycles. The smallest absolute Gasteiger partial charge is 0.410 e. The van der Waals surface area contributed by atoms with Gasteiger partial charge in [-0.25, -0.2) is 9.18 Å². The molecule has 0 radical (unpaired) electrons. The van der Waals surface area contributed by atoms with Crippen LogP contribution < -0.4 is 10.1 Å². The summed E-state index contributed by atoms with van der Waals surface area (Å²) in [5.74, 6) is 0.0696. The van der Waals surface area contributed by atoms with E-state index in [-0.39, 0.29) is 11.7 Å². The lowest BCUT2D eigenvalue weighted by Crippen LogP contribution is -2.49. The molecule has 1 heterocycles. The molecule has 7 nitrogen and oxygen atoms in total. The fraction of sp³-hybridized carbons (Fsp3) is 0.692. The molecule has 0 bridgehead atoms. The summed E-state index contributed by atoms with van der Waals surface area (Å²) in [6.45, 7) is 8.46. The number of hydrogen-bond acceptors (Lipinski definition) is 5. The first kappa shape index (κ1) is 26.3. The Morgan fingerprint density at radius 1 is 1.18 bits per heavy atom. The highest BCUT2D eigenvalue weighted by Gasteiger charge is 2.46. The first-order valence-corrected chi connectivity index (χ1v) is 12.3. The third-order valence-corrected chi connectivity index (χ3v) is 6.72. The Hall–Kier alpha value is -2.35. The molecule has 0 aromatic heterocycles. The summed E-state index contributed by atoms with van der Waals surface area (Å²) in [4.78, 5) is 26.1. The van der Waals surface area contributed by atoms with Crippen molar-refractivity contribution in [1.82, 2.24) is 10.2 Å². The summed E-state index contributed by atoms with van der Waals surface area (Å²) in [6, 6.07) is 4.35. The van der Waals surface area contributed by atoms with E-state index in [0.717, 1.165) is 38.8 Å². The van der Waals surface area contributed by atoms with Crippen LogP contribution in [-0.4, -0.2) is 62.5 Å². The van der Waals surface area contributed by atoms with Crippen molar-refractivity contribution in [1.29, 1.82) is 0 Å². The standard InChI is InChI=1S/C26H39FN2O5/c1-25(2,3)34-24(31)29-12-9-26(10-13-29)17-19(18-26)6-5-14-33-20-7-8-21(22(27)16-20)23(30)28-11-15-32-4/h7-8,16,19H,5-6,9-15,17-18H2,1-4H3,(H,28,30). The Morgan fingerprint density at radius 2 is 1.88 bits per heavy atom. The molecule has 1 spiro atoms. The fourth-order valence-corrected chi connectivity index (χ4v) is 4.96. The predicted octanol–water partition coefficient (Wildman–Crippen LogP) is 4.79. The van der Waals surface area contributed by atoms with Gasteiger partial charge in [-0.2, -0.15) is 0 Å². The third-order valence-electron chi connectivity index (χ3n) is 6.72. The second-order valence-corrected chi connectivity index (χ2v) is 10.6. The number of benzene rings is 1. The zero-order chi connectivity index (χ0) is 24.8. The minimum atomic E-state index is -0.592. The topological polar surface area (TPSA) is 77.1 Å². The molecule has 1 N–H and O–H groups in total. The average molecular weight is 479 g/mol. The van der Waals surface area contributed by atoms with Gasteiger partial charge < -0.3 is 24.4 Å². The Balaban J connectivity index is 1.32. The van der Waals surface area contributed by atoms with E-state index in [1.165, 1.54) is 25.0 Å². The second kappa shape index (κ2) is 11.4. The van der Waals surface area contributed by atoms with Crippen LogP contribution in [0.25, 0.3) is 0 Å². The Morgan fingerprint density at radius 3 is 2.50 bits per heavy atom. The van der Waals surface area contributed by atoms with E-state index < -0.39 is 17.3 Å².